The smallest absolute Gasteiger partial charge is 0.236 e. The highest BCUT2D eigenvalue weighted by atomic mass is 127. The minimum atomic E-state index is -0.212. The summed E-state index contributed by atoms with van der Waals surface area (Å²) in [6, 6.07) is 3.67. The number of hydrogen-bond acceptors (Lipinski definition) is 4. The summed E-state index contributed by atoms with van der Waals surface area (Å²) in [5, 5.41) is 3.79. The number of rotatable bonds is 4. The Balaban J connectivity index is 2.99. The van der Waals surface area contributed by atoms with Crippen molar-refractivity contribution >= 4 is 34.7 Å². The van der Waals surface area contributed by atoms with Crippen LogP contribution in [-0.4, -0.2) is 26.3 Å². The van der Waals surface area contributed by atoms with Crippen molar-refractivity contribution in [2.75, 3.05) is 14.2 Å². The molecule has 0 bridgehead atoms. The molecule has 1 aromatic rings. The molecule has 1 N–H and O–H groups in total. The van der Waals surface area contributed by atoms with Gasteiger partial charge in [0.05, 0.1) is 24.0 Å². The predicted octanol–water partition coefficient (Wildman–Crippen LogP) is 1.78. The quantitative estimate of drug-likeness (QED) is 0.513. The summed E-state index contributed by atoms with van der Waals surface area (Å²) in [4.78, 5) is 10.7. The predicted molar refractivity (Wildman–Crippen MR) is 73.7 cm³/mol. The van der Waals surface area contributed by atoms with E-state index in [2.05, 4.69) is 33.1 Å². The first kappa shape index (κ1) is 13.8. The number of nitrogens with one attached hydrogen (secondary N) is 1. The van der Waals surface area contributed by atoms with Gasteiger partial charge in [-0.05, 0) is 40.3 Å². The Labute approximate surface area is 113 Å². The van der Waals surface area contributed by atoms with Gasteiger partial charge in [0, 0.05) is 6.92 Å². The second-order valence-electron chi connectivity index (χ2n) is 3.16. The Morgan fingerprint density at radius 3 is 2.65 bits per heavy atom. The molecule has 0 heterocycles. The van der Waals surface area contributed by atoms with Crippen LogP contribution < -0.4 is 14.9 Å². The van der Waals surface area contributed by atoms with E-state index in [0.29, 0.717) is 11.5 Å². The molecule has 0 aromatic heterocycles. The second kappa shape index (κ2) is 6.43. The van der Waals surface area contributed by atoms with Gasteiger partial charge in [0.1, 0.15) is 0 Å². The van der Waals surface area contributed by atoms with Crippen molar-refractivity contribution in [1.82, 2.24) is 5.43 Å². The van der Waals surface area contributed by atoms with Crippen molar-refractivity contribution in [3.8, 4) is 11.5 Å². The molecule has 1 aromatic carbocycles. The van der Waals surface area contributed by atoms with Gasteiger partial charge >= 0.3 is 0 Å². The molecular formula is C11H13IN2O3. The van der Waals surface area contributed by atoms with Crippen LogP contribution in [0.15, 0.2) is 17.2 Å². The molecule has 0 fully saturated rings. The summed E-state index contributed by atoms with van der Waals surface area (Å²) >= 11 is 2.15. The van der Waals surface area contributed by atoms with Gasteiger partial charge in [-0.25, -0.2) is 5.43 Å². The Bertz CT molecular complexity index is 447. The van der Waals surface area contributed by atoms with Crippen LogP contribution in [0.2, 0.25) is 0 Å². The molecule has 0 saturated heterocycles. The Morgan fingerprint density at radius 1 is 1.41 bits per heavy atom. The number of benzene rings is 1. The number of amides is 1. The molecule has 17 heavy (non-hydrogen) atoms. The standard InChI is InChI=1S/C11H13IN2O3/c1-7(15)14-13-6-8-4-9(12)11(17-3)10(5-8)16-2/h4-6H,1-3H3,(H,14,15)/b13-6-. The molecule has 0 spiro atoms. The average molecular weight is 348 g/mol. The van der Waals surface area contributed by atoms with E-state index in [0.717, 1.165) is 9.13 Å². The zero-order valence-corrected chi connectivity index (χ0v) is 11.9. The van der Waals surface area contributed by atoms with Crippen LogP contribution in [-0.2, 0) is 4.79 Å². The molecule has 0 aliphatic heterocycles. The van der Waals surface area contributed by atoms with Crippen LogP contribution in [0.4, 0.5) is 0 Å². The van der Waals surface area contributed by atoms with Crippen LogP contribution in [0, 0.1) is 3.57 Å². The van der Waals surface area contributed by atoms with E-state index in [-0.39, 0.29) is 5.91 Å². The van der Waals surface area contributed by atoms with Crippen molar-refractivity contribution in [3.63, 3.8) is 0 Å². The van der Waals surface area contributed by atoms with Gasteiger partial charge in [-0.3, -0.25) is 4.79 Å². The lowest BCUT2D eigenvalue weighted by atomic mass is 10.2. The maximum Gasteiger partial charge on any atom is 0.236 e. The molecule has 6 heteroatoms. The molecule has 0 radical (unpaired) electrons. The van der Waals surface area contributed by atoms with Gasteiger partial charge in [-0.2, -0.15) is 5.10 Å². The SMILES string of the molecule is COc1cc(/C=N\NC(C)=O)cc(I)c1OC. The fourth-order valence-corrected chi connectivity index (χ4v) is 2.06. The van der Waals surface area contributed by atoms with Crippen LogP contribution in [0.1, 0.15) is 12.5 Å². The highest BCUT2D eigenvalue weighted by Crippen LogP contribution is 2.32. The summed E-state index contributed by atoms with van der Waals surface area (Å²) in [6.45, 7) is 1.40. The van der Waals surface area contributed by atoms with Crippen LogP contribution in [0.3, 0.4) is 0 Å². The molecule has 0 aliphatic rings. The first-order valence-electron chi connectivity index (χ1n) is 4.79. The molecule has 0 saturated carbocycles. The number of hydrogen-bond donors (Lipinski definition) is 1. The number of carbonyl (C=O) groups excluding carboxylic acids is 1. The lowest BCUT2D eigenvalue weighted by Gasteiger charge is -2.10. The van der Waals surface area contributed by atoms with E-state index < -0.39 is 0 Å². The van der Waals surface area contributed by atoms with Gasteiger partial charge in [-0.15, -0.1) is 0 Å². The van der Waals surface area contributed by atoms with E-state index in [1.165, 1.54) is 6.92 Å². The first-order chi connectivity index (χ1) is 8.08. The maximum absolute atomic E-state index is 10.7. The van der Waals surface area contributed by atoms with Crippen LogP contribution >= 0.6 is 22.6 Å². The minimum Gasteiger partial charge on any atom is -0.493 e. The number of hydrazone groups is 1. The van der Waals surface area contributed by atoms with Gasteiger partial charge in [0.25, 0.3) is 0 Å². The topological polar surface area (TPSA) is 59.9 Å². The molecular weight excluding hydrogens is 335 g/mol. The lowest BCUT2D eigenvalue weighted by Crippen LogP contribution is -2.12. The van der Waals surface area contributed by atoms with E-state index in [4.69, 9.17) is 9.47 Å². The second-order valence-corrected chi connectivity index (χ2v) is 4.33. The van der Waals surface area contributed by atoms with Crippen molar-refractivity contribution in [2.24, 2.45) is 5.10 Å². The summed E-state index contributed by atoms with van der Waals surface area (Å²) in [5.41, 5.74) is 3.16. The molecule has 0 aliphatic carbocycles. The lowest BCUT2D eigenvalue weighted by molar-refractivity contribution is -0.118. The normalized spacial score (nSPS) is 10.4. The third kappa shape index (κ3) is 3.88. The van der Waals surface area contributed by atoms with Crippen molar-refractivity contribution < 1.29 is 14.3 Å². The van der Waals surface area contributed by atoms with Crippen molar-refractivity contribution in [1.29, 1.82) is 0 Å². The van der Waals surface area contributed by atoms with Crippen molar-refractivity contribution in [2.45, 2.75) is 6.92 Å². The van der Waals surface area contributed by atoms with Gasteiger partial charge < -0.3 is 9.47 Å². The van der Waals surface area contributed by atoms with E-state index in [9.17, 15) is 4.79 Å². The largest absolute Gasteiger partial charge is 0.493 e. The van der Waals surface area contributed by atoms with Gasteiger partial charge in [-0.1, -0.05) is 0 Å². The zero-order valence-electron chi connectivity index (χ0n) is 9.78. The zero-order chi connectivity index (χ0) is 12.8. The summed E-state index contributed by atoms with van der Waals surface area (Å²) in [6.07, 6.45) is 1.55. The highest BCUT2D eigenvalue weighted by molar-refractivity contribution is 14.1. The Kier molecular flexibility index (Phi) is 5.20. The van der Waals surface area contributed by atoms with E-state index in [1.54, 1.807) is 26.5 Å². The Morgan fingerprint density at radius 2 is 2.12 bits per heavy atom. The molecule has 0 unspecified atom stereocenters. The summed E-state index contributed by atoms with van der Waals surface area (Å²) < 4.78 is 11.3. The van der Waals surface area contributed by atoms with E-state index in [1.807, 2.05) is 6.07 Å². The molecule has 0 atom stereocenters. The molecule has 92 valence electrons. The van der Waals surface area contributed by atoms with Gasteiger partial charge in [0.2, 0.25) is 5.91 Å². The maximum atomic E-state index is 10.7. The highest BCUT2D eigenvalue weighted by Gasteiger charge is 2.09. The molecule has 5 nitrogen and oxygen atoms in total. The molecule has 1 rings (SSSR count). The van der Waals surface area contributed by atoms with Crippen LogP contribution in [0.25, 0.3) is 0 Å². The van der Waals surface area contributed by atoms with E-state index >= 15 is 0 Å². The minimum absolute atomic E-state index is 0.212. The Hall–Kier alpha value is -1.31. The number of halogens is 1. The fraction of sp³-hybridized carbons (Fsp3) is 0.273. The fourth-order valence-electron chi connectivity index (χ4n) is 1.21. The third-order valence-corrected chi connectivity index (χ3v) is 2.69. The first-order valence-corrected chi connectivity index (χ1v) is 5.87. The number of carbonyl (C=O) groups is 1. The van der Waals surface area contributed by atoms with Gasteiger partial charge in [0.15, 0.2) is 11.5 Å². The average Bonchev–Trinajstić information content (AvgIpc) is 2.27. The molecule has 1 amide bonds. The monoisotopic (exact) mass is 348 g/mol. The summed E-state index contributed by atoms with van der Waals surface area (Å²) in [7, 11) is 3.16. The number of ether oxygens (including phenoxy) is 2. The van der Waals surface area contributed by atoms with Crippen LogP contribution in [0.5, 0.6) is 11.5 Å². The third-order valence-electron chi connectivity index (χ3n) is 1.89. The summed E-state index contributed by atoms with van der Waals surface area (Å²) in [5.74, 6) is 1.10. The number of nitrogens with zero attached hydrogens (tertiary/aromatic N) is 1. The number of methoxy groups -OCH3 is 2. The van der Waals surface area contributed by atoms with Crippen molar-refractivity contribution in [3.05, 3.63) is 21.3 Å².